The van der Waals surface area contributed by atoms with Crippen LogP contribution in [0.15, 0.2) is 18.2 Å². The minimum Gasteiger partial charge on any atom is -0.493 e. The number of hydrogen-bond donors (Lipinski definition) is 1. The molecular weight excluding hydrogens is 368 g/mol. The van der Waals surface area contributed by atoms with Gasteiger partial charge < -0.3 is 14.6 Å². The van der Waals surface area contributed by atoms with Crippen molar-refractivity contribution in [3.05, 3.63) is 23.8 Å². The van der Waals surface area contributed by atoms with E-state index in [1.165, 1.54) is 17.1 Å². The van der Waals surface area contributed by atoms with Crippen molar-refractivity contribution in [3.63, 3.8) is 0 Å². The van der Waals surface area contributed by atoms with Crippen molar-refractivity contribution in [3.8, 4) is 11.5 Å². The van der Waals surface area contributed by atoms with Gasteiger partial charge in [-0.3, -0.25) is 9.80 Å². The second-order valence-electron chi connectivity index (χ2n) is 6.75. The van der Waals surface area contributed by atoms with Gasteiger partial charge in [-0.25, -0.2) is 0 Å². The molecule has 1 atom stereocenters. The van der Waals surface area contributed by atoms with E-state index in [2.05, 4.69) is 21.9 Å². The molecule has 0 amide bonds. The number of thioether (sulfide) groups is 2. The van der Waals surface area contributed by atoms with Crippen LogP contribution in [0.4, 0.5) is 0 Å². The molecule has 1 aromatic carbocycles. The molecule has 26 heavy (non-hydrogen) atoms. The maximum Gasteiger partial charge on any atom is 0.161 e. The Balaban J connectivity index is 1.50. The molecule has 0 radical (unpaired) electrons. The standard InChI is InChI=1S/C19H30N2O3S2/c1-23-19-12-16(13-20-4-8-25-9-5-20)2-3-18(19)24-15-17(22)14-21-6-10-26-11-7-21/h2-3,12,17,22H,4-11,13-15H2,1H3/t17-/m0/s1. The molecular formula is C19H30N2O3S2. The summed E-state index contributed by atoms with van der Waals surface area (Å²) in [7, 11) is 1.67. The Labute approximate surface area is 165 Å². The summed E-state index contributed by atoms with van der Waals surface area (Å²) in [5.74, 6) is 6.18. The fraction of sp³-hybridized carbons (Fsp3) is 0.684. The van der Waals surface area contributed by atoms with Crippen LogP contribution in [0.5, 0.6) is 11.5 Å². The number of benzene rings is 1. The summed E-state index contributed by atoms with van der Waals surface area (Å²) in [4.78, 5) is 4.79. The molecule has 2 aliphatic heterocycles. The minimum absolute atomic E-state index is 0.294. The van der Waals surface area contributed by atoms with Crippen LogP contribution in [0.3, 0.4) is 0 Å². The van der Waals surface area contributed by atoms with Crippen LogP contribution in [-0.2, 0) is 6.54 Å². The third-order valence-corrected chi connectivity index (χ3v) is 6.63. The van der Waals surface area contributed by atoms with Crippen LogP contribution in [0, 0.1) is 0 Å². The normalized spacial score (nSPS) is 20.7. The van der Waals surface area contributed by atoms with Gasteiger partial charge in [0.05, 0.1) is 7.11 Å². The van der Waals surface area contributed by atoms with Crippen LogP contribution in [0.2, 0.25) is 0 Å². The van der Waals surface area contributed by atoms with Gasteiger partial charge in [0.1, 0.15) is 12.7 Å². The fourth-order valence-corrected chi connectivity index (χ4v) is 5.22. The number of methoxy groups -OCH3 is 1. The summed E-state index contributed by atoms with van der Waals surface area (Å²) < 4.78 is 11.4. The molecule has 0 saturated carbocycles. The van der Waals surface area contributed by atoms with Crippen LogP contribution in [0.25, 0.3) is 0 Å². The average Bonchev–Trinajstić information content (AvgIpc) is 2.68. The van der Waals surface area contributed by atoms with Crippen molar-refractivity contribution >= 4 is 23.5 Å². The van der Waals surface area contributed by atoms with E-state index in [-0.39, 0.29) is 0 Å². The summed E-state index contributed by atoms with van der Waals surface area (Å²) >= 11 is 4.01. The first-order valence-corrected chi connectivity index (χ1v) is 11.6. The zero-order valence-electron chi connectivity index (χ0n) is 15.6. The molecule has 0 spiro atoms. The van der Waals surface area contributed by atoms with Crippen molar-refractivity contribution in [2.24, 2.45) is 0 Å². The lowest BCUT2D eigenvalue weighted by Crippen LogP contribution is -2.40. The number of nitrogens with zero attached hydrogens (tertiary/aromatic N) is 2. The van der Waals surface area contributed by atoms with E-state index in [1.807, 2.05) is 29.6 Å². The van der Waals surface area contributed by atoms with Gasteiger partial charge >= 0.3 is 0 Å². The number of aliphatic hydroxyl groups excluding tert-OH is 1. The van der Waals surface area contributed by atoms with Gasteiger partial charge in [-0.15, -0.1) is 0 Å². The largest absolute Gasteiger partial charge is 0.493 e. The van der Waals surface area contributed by atoms with Crippen molar-refractivity contribution in [1.29, 1.82) is 0 Å². The molecule has 5 nitrogen and oxygen atoms in total. The average molecular weight is 399 g/mol. The van der Waals surface area contributed by atoms with Gasteiger partial charge in [0, 0.05) is 62.3 Å². The van der Waals surface area contributed by atoms with E-state index < -0.39 is 6.10 Å². The van der Waals surface area contributed by atoms with E-state index in [0.717, 1.165) is 50.0 Å². The third kappa shape index (κ3) is 6.23. The lowest BCUT2D eigenvalue weighted by Gasteiger charge is -2.28. The van der Waals surface area contributed by atoms with Gasteiger partial charge in [0.15, 0.2) is 11.5 Å². The number of rotatable bonds is 8. The summed E-state index contributed by atoms with van der Waals surface area (Å²) in [6, 6.07) is 6.14. The first kappa shape index (κ1) is 20.1. The van der Waals surface area contributed by atoms with Crippen molar-refractivity contribution in [1.82, 2.24) is 9.80 Å². The van der Waals surface area contributed by atoms with Crippen molar-refractivity contribution in [2.45, 2.75) is 12.6 Å². The van der Waals surface area contributed by atoms with Gasteiger partial charge in [-0.2, -0.15) is 23.5 Å². The Morgan fingerprint density at radius 1 is 1.00 bits per heavy atom. The molecule has 1 aromatic rings. The zero-order chi connectivity index (χ0) is 18.2. The Morgan fingerprint density at radius 2 is 1.65 bits per heavy atom. The van der Waals surface area contributed by atoms with Crippen LogP contribution >= 0.6 is 23.5 Å². The lowest BCUT2D eigenvalue weighted by atomic mass is 10.2. The van der Waals surface area contributed by atoms with Crippen LogP contribution < -0.4 is 9.47 Å². The Kier molecular flexibility index (Phi) is 8.26. The highest BCUT2D eigenvalue weighted by Crippen LogP contribution is 2.29. The molecule has 0 aliphatic carbocycles. The van der Waals surface area contributed by atoms with Gasteiger partial charge in [-0.1, -0.05) is 6.07 Å². The molecule has 7 heteroatoms. The first-order chi connectivity index (χ1) is 12.7. The maximum atomic E-state index is 10.3. The van der Waals surface area contributed by atoms with Crippen molar-refractivity contribution in [2.75, 3.05) is 69.5 Å². The molecule has 2 aliphatic rings. The molecule has 3 rings (SSSR count). The molecule has 2 heterocycles. The second-order valence-corrected chi connectivity index (χ2v) is 9.20. The zero-order valence-corrected chi connectivity index (χ0v) is 17.2. The molecule has 0 bridgehead atoms. The van der Waals surface area contributed by atoms with E-state index in [4.69, 9.17) is 9.47 Å². The van der Waals surface area contributed by atoms with Crippen molar-refractivity contribution < 1.29 is 14.6 Å². The third-order valence-electron chi connectivity index (χ3n) is 4.74. The fourth-order valence-electron chi connectivity index (χ4n) is 3.27. The molecule has 0 aromatic heterocycles. The highest BCUT2D eigenvalue weighted by molar-refractivity contribution is 7.99. The molecule has 146 valence electrons. The number of ether oxygens (including phenoxy) is 2. The minimum atomic E-state index is -0.478. The van der Waals surface area contributed by atoms with Gasteiger partial charge in [0.2, 0.25) is 0 Å². The predicted molar refractivity (Wildman–Crippen MR) is 111 cm³/mol. The lowest BCUT2D eigenvalue weighted by molar-refractivity contribution is 0.0704. The topological polar surface area (TPSA) is 45.2 Å². The molecule has 0 unspecified atom stereocenters. The summed E-state index contributed by atoms with van der Waals surface area (Å²) in [6.07, 6.45) is -0.478. The second kappa shape index (κ2) is 10.7. The SMILES string of the molecule is COc1cc(CN2CCSCC2)ccc1OC[C@@H](O)CN1CCSCC1. The van der Waals surface area contributed by atoms with Crippen LogP contribution in [0.1, 0.15) is 5.56 Å². The highest BCUT2D eigenvalue weighted by Gasteiger charge is 2.17. The summed E-state index contributed by atoms with van der Waals surface area (Å²) in [5, 5.41) is 10.3. The summed E-state index contributed by atoms with van der Waals surface area (Å²) in [6.45, 7) is 6.31. The van der Waals surface area contributed by atoms with Gasteiger partial charge in [-0.05, 0) is 17.7 Å². The molecule has 2 fully saturated rings. The Morgan fingerprint density at radius 3 is 2.31 bits per heavy atom. The predicted octanol–water partition coefficient (Wildman–Crippen LogP) is 2.03. The number of aliphatic hydroxyl groups is 1. The van der Waals surface area contributed by atoms with E-state index in [9.17, 15) is 5.11 Å². The Hall–Kier alpha value is -0.600. The molecule has 2 saturated heterocycles. The van der Waals surface area contributed by atoms with Crippen LogP contribution in [-0.4, -0.2) is 90.5 Å². The van der Waals surface area contributed by atoms with E-state index in [1.54, 1.807) is 7.11 Å². The smallest absolute Gasteiger partial charge is 0.161 e. The monoisotopic (exact) mass is 398 g/mol. The highest BCUT2D eigenvalue weighted by atomic mass is 32.2. The molecule has 1 N–H and O–H groups in total. The van der Waals surface area contributed by atoms with E-state index >= 15 is 0 Å². The maximum absolute atomic E-state index is 10.3. The van der Waals surface area contributed by atoms with Gasteiger partial charge in [0.25, 0.3) is 0 Å². The number of β-amino-alcohol motifs (C(OH)–C–C–N with tert-alkyl or cyclic N) is 1. The first-order valence-electron chi connectivity index (χ1n) is 9.32. The summed E-state index contributed by atoms with van der Waals surface area (Å²) in [5.41, 5.74) is 1.24. The van der Waals surface area contributed by atoms with E-state index in [0.29, 0.717) is 18.9 Å². The number of hydrogen-bond acceptors (Lipinski definition) is 7. The Bertz CT molecular complexity index is 550. The quantitative estimate of drug-likeness (QED) is 0.719.